The third-order valence-corrected chi connectivity index (χ3v) is 3.59. The molecule has 1 aromatic carbocycles. The molecule has 2 N–H and O–H groups in total. The first kappa shape index (κ1) is 13.6. The summed E-state index contributed by atoms with van der Waals surface area (Å²) in [4.78, 5) is 4.63. The number of nitrogens with zero attached hydrogens (tertiary/aromatic N) is 2. The Kier molecular flexibility index (Phi) is 3.90. The molecule has 0 saturated carbocycles. The number of nitrogens with two attached hydrogens (primary N) is 1. The van der Waals surface area contributed by atoms with Crippen LogP contribution in [0, 0.1) is 6.92 Å². The standard InChI is InChI=1S/C15H21N3O/c1-5-11-8-12(6-7-13(11)19-4)15-10(2)18(3)14(9-16)17-15/h6-8H,5,9,16H2,1-4H3. The molecule has 4 nitrogen and oxygen atoms in total. The molecule has 2 aromatic rings. The molecule has 0 aliphatic heterocycles. The minimum absolute atomic E-state index is 0.453. The van der Waals surface area contributed by atoms with Gasteiger partial charge in [0.05, 0.1) is 19.3 Å². The summed E-state index contributed by atoms with van der Waals surface area (Å²) < 4.78 is 7.41. The maximum atomic E-state index is 5.71. The lowest BCUT2D eigenvalue weighted by Gasteiger charge is -2.08. The van der Waals surface area contributed by atoms with Gasteiger partial charge in [-0.2, -0.15) is 0 Å². The zero-order chi connectivity index (χ0) is 14.0. The third-order valence-electron chi connectivity index (χ3n) is 3.59. The number of methoxy groups -OCH3 is 1. The summed E-state index contributed by atoms with van der Waals surface area (Å²) >= 11 is 0. The van der Waals surface area contributed by atoms with Crippen molar-refractivity contribution in [1.82, 2.24) is 9.55 Å². The number of hydrogen-bond donors (Lipinski definition) is 1. The second-order valence-electron chi connectivity index (χ2n) is 4.61. The second kappa shape index (κ2) is 5.45. The van der Waals surface area contributed by atoms with Crippen LogP contribution in [0.4, 0.5) is 0 Å². The minimum Gasteiger partial charge on any atom is -0.496 e. The second-order valence-corrected chi connectivity index (χ2v) is 4.61. The van der Waals surface area contributed by atoms with Gasteiger partial charge < -0.3 is 15.0 Å². The van der Waals surface area contributed by atoms with Crippen LogP contribution in [-0.2, 0) is 20.0 Å². The van der Waals surface area contributed by atoms with E-state index in [1.54, 1.807) is 7.11 Å². The van der Waals surface area contributed by atoms with Crippen LogP contribution in [0.5, 0.6) is 5.75 Å². The molecule has 0 bridgehead atoms. The van der Waals surface area contributed by atoms with Crippen molar-refractivity contribution >= 4 is 0 Å². The highest BCUT2D eigenvalue weighted by Gasteiger charge is 2.13. The summed E-state index contributed by atoms with van der Waals surface area (Å²) in [6.07, 6.45) is 0.937. The van der Waals surface area contributed by atoms with Gasteiger partial charge in [-0.3, -0.25) is 0 Å². The van der Waals surface area contributed by atoms with E-state index >= 15 is 0 Å². The smallest absolute Gasteiger partial charge is 0.123 e. The van der Waals surface area contributed by atoms with Crippen molar-refractivity contribution < 1.29 is 4.74 Å². The van der Waals surface area contributed by atoms with E-state index in [1.165, 1.54) is 5.56 Å². The Hall–Kier alpha value is -1.81. The third kappa shape index (κ3) is 2.36. The maximum Gasteiger partial charge on any atom is 0.123 e. The van der Waals surface area contributed by atoms with E-state index in [0.29, 0.717) is 6.54 Å². The topological polar surface area (TPSA) is 53.1 Å². The Morgan fingerprint density at radius 3 is 2.63 bits per heavy atom. The fraction of sp³-hybridized carbons (Fsp3) is 0.400. The van der Waals surface area contributed by atoms with E-state index in [-0.39, 0.29) is 0 Å². The van der Waals surface area contributed by atoms with Crippen LogP contribution in [0.1, 0.15) is 24.0 Å². The predicted molar refractivity (Wildman–Crippen MR) is 77.2 cm³/mol. The molecule has 0 fully saturated rings. The molecule has 102 valence electrons. The molecule has 0 amide bonds. The first-order valence-electron chi connectivity index (χ1n) is 6.51. The molecule has 0 radical (unpaired) electrons. The summed E-state index contributed by atoms with van der Waals surface area (Å²) in [6.45, 7) is 4.64. The number of benzene rings is 1. The van der Waals surface area contributed by atoms with Gasteiger partial charge in [0.2, 0.25) is 0 Å². The van der Waals surface area contributed by atoms with Gasteiger partial charge in [-0.15, -0.1) is 0 Å². The number of aryl methyl sites for hydroxylation is 1. The Bertz CT molecular complexity index is 587. The van der Waals surface area contributed by atoms with E-state index in [9.17, 15) is 0 Å². The number of rotatable bonds is 4. The lowest BCUT2D eigenvalue weighted by molar-refractivity contribution is 0.410. The van der Waals surface area contributed by atoms with Gasteiger partial charge in [-0.1, -0.05) is 6.92 Å². The van der Waals surface area contributed by atoms with E-state index in [2.05, 4.69) is 24.9 Å². The monoisotopic (exact) mass is 259 g/mol. The van der Waals surface area contributed by atoms with Gasteiger partial charge in [0.15, 0.2) is 0 Å². The van der Waals surface area contributed by atoms with Crippen molar-refractivity contribution in [3.05, 3.63) is 35.3 Å². The fourth-order valence-corrected chi connectivity index (χ4v) is 2.30. The average molecular weight is 259 g/mol. The quantitative estimate of drug-likeness (QED) is 0.917. The van der Waals surface area contributed by atoms with Gasteiger partial charge >= 0.3 is 0 Å². The van der Waals surface area contributed by atoms with Crippen LogP contribution in [0.2, 0.25) is 0 Å². The summed E-state index contributed by atoms with van der Waals surface area (Å²) in [7, 11) is 3.70. The highest BCUT2D eigenvalue weighted by atomic mass is 16.5. The Labute approximate surface area is 114 Å². The van der Waals surface area contributed by atoms with Gasteiger partial charge in [0.25, 0.3) is 0 Å². The maximum absolute atomic E-state index is 5.71. The minimum atomic E-state index is 0.453. The molecular weight excluding hydrogens is 238 g/mol. The van der Waals surface area contributed by atoms with Crippen molar-refractivity contribution in [3.8, 4) is 17.0 Å². The Morgan fingerprint density at radius 1 is 1.37 bits per heavy atom. The molecular formula is C15H21N3O. The first-order valence-corrected chi connectivity index (χ1v) is 6.51. The van der Waals surface area contributed by atoms with Crippen LogP contribution < -0.4 is 10.5 Å². The van der Waals surface area contributed by atoms with Crippen molar-refractivity contribution in [2.24, 2.45) is 12.8 Å². The molecule has 19 heavy (non-hydrogen) atoms. The molecule has 0 unspecified atom stereocenters. The zero-order valence-corrected chi connectivity index (χ0v) is 12.0. The molecule has 0 aliphatic carbocycles. The Morgan fingerprint density at radius 2 is 2.11 bits per heavy atom. The molecule has 0 spiro atoms. The normalized spacial score (nSPS) is 10.8. The summed E-state index contributed by atoms with van der Waals surface area (Å²) in [5, 5.41) is 0. The SMILES string of the molecule is CCc1cc(-c2nc(CN)n(C)c2C)ccc1OC. The van der Waals surface area contributed by atoms with E-state index in [4.69, 9.17) is 10.5 Å². The van der Waals surface area contributed by atoms with Crippen LogP contribution in [0.3, 0.4) is 0 Å². The van der Waals surface area contributed by atoms with Crippen molar-refractivity contribution in [3.63, 3.8) is 0 Å². The molecule has 0 atom stereocenters. The molecule has 4 heteroatoms. The van der Waals surface area contributed by atoms with Crippen LogP contribution in [-0.4, -0.2) is 16.7 Å². The zero-order valence-electron chi connectivity index (χ0n) is 12.0. The lowest BCUT2D eigenvalue weighted by Crippen LogP contribution is -2.05. The van der Waals surface area contributed by atoms with Gasteiger partial charge in [0.1, 0.15) is 11.6 Å². The van der Waals surface area contributed by atoms with Crippen LogP contribution >= 0.6 is 0 Å². The number of ether oxygens (including phenoxy) is 1. The Balaban J connectivity index is 2.53. The highest BCUT2D eigenvalue weighted by molar-refractivity contribution is 5.64. The van der Waals surface area contributed by atoms with Crippen molar-refractivity contribution in [2.45, 2.75) is 26.8 Å². The van der Waals surface area contributed by atoms with E-state index in [0.717, 1.165) is 34.9 Å². The van der Waals surface area contributed by atoms with Crippen LogP contribution in [0.25, 0.3) is 11.3 Å². The van der Waals surface area contributed by atoms with Gasteiger partial charge in [-0.25, -0.2) is 4.98 Å². The molecule has 1 aromatic heterocycles. The summed E-state index contributed by atoms with van der Waals surface area (Å²) in [6, 6.07) is 6.20. The predicted octanol–water partition coefficient (Wildman–Crippen LogP) is 2.43. The largest absolute Gasteiger partial charge is 0.496 e. The lowest BCUT2D eigenvalue weighted by atomic mass is 10.0. The summed E-state index contributed by atoms with van der Waals surface area (Å²) in [5.41, 5.74) is 10.2. The summed E-state index contributed by atoms with van der Waals surface area (Å²) in [5.74, 6) is 1.83. The van der Waals surface area contributed by atoms with E-state index < -0.39 is 0 Å². The van der Waals surface area contributed by atoms with Gasteiger partial charge in [-0.05, 0) is 37.1 Å². The first-order chi connectivity index (χ1) is 9.12. The molecule has 2 rings (SSSR count). The fourth-order valence-electron chi connectivity index (χ4n) is 2.30. The molecule has 1 heterocycles. The number of aromatic nitrogens is 2. The number of hydrogen-bond acceptors (Lipinski definition) is 3. The molecule has 0 aliphatic rings. The van der Waals surface area contributed by atoms with Crippen LogP contribution in [0.15, 0.2) is 18.2 Å². The number of imidazole rings is 1. The van der Waals surface area contributed by atoms with E-state index in [1.807, 2.05) is 23.7 Å². The highest BCUT2D eigenvalue weighted by Crippen LogP contribution is 2.28. The molecule has 0 saturated heterocycles. The van der Waals surface area contributed by atoms with Crippen molar-refractivity contribution in [1.29, 1.82) is 0 Å². The average Bonchev–Trinajstić information content (AvgIpc) is 2.74. The van der Waals surface area contributed by atoms with Gasteiger partial charge in [0, 0.05) is 18.3 Å². The van der Waals surface area contributed by atoms with Crippen molar-refractivity contribution in [2.75, 3.05) is 7.11 Å².